The molecule has 1 aromatic rings. The molecule has 0 saturated carbocycles. The zero-order valence-corrected chi connectivity index (χ0v) is 15.0. The van der Waals surface area contributed by atoms with Crippen LogP contribution in [0.1, 0.15) is 26.3 Å². The van der Waals surface area contributed by atoms with Crippen molar-refractivity contribution in [3.05, 3.63) is 35.9 Å². The number of hydrogen-bond acceptors (Lipinski definition) is 6. The standard InChI is InChI=1S/C16H28NO5P/c1-4-20-16(21-5-2)23(18,22-6-3)15(17)13-19-12-14-10-8-7-9-11-14/h7-11,15-16H,4-6,12-13,17H2,1-3H3. The maximum Gasteiger partial charge on any atom is 0.276 e. The van der Waals surface area contributed by atoms with E-state index in [0.717, 1.165) is 5.56 Å². The first-order valence-corrected chi connectivity index (χ1v) is 9.69. The van der Waals surface area contributed by atoms with Gasteiger partial charge in [-0.25, -0.2) is 0 Å². The molecule has 23 heavy (non-hydrogen) atoms. The van der Waals surface area contributed by atoms with Crippen molar-refractivity contribution in [1.82, 2.24) is 0 Å². The maximum atomic E-state index is 13.2. The molecule has 0 heterocycles. The van der Waals surface area contributed by atoms with Crippen LogP contribution in [0.25, 0.3) is 0 Å². The Morgan fingerprint density at radius 1 is 1.04 bits per heavy atom. The van der Waals surface area contributed by atoms with Crippen LogP contribution >= 0.6 is 7.37 Å². The molecule has 132 valence electrons. The smallest absolute Gasteiger partial charge is 0.276 e. The third-order valence-corrected chi connectivity index (χ3v) is 5.73. The molecule has 0 saturated heterocycles. The molecule has 7 heteroatoms. The van der Waals surface area contributed by atoms with E-state index in [1.807, 2.05) is 30.3 Å². The fourth-order valence-corrected chi connectivity index (χ4v) is 4.09. The molecule has 6 nitrogen and oxygen atoms in total. The first-order valence-electron chi connectivity index (χ1n) is 7.92. The van der Waals surface area contributed by atoms with Gasteiger partial charge < -0.3 is 24.5 Å². The summed E-state index contributed by atoms with van der Waals surface area (Å²) in [6.45, 7) is 6.86. The quantitative estimate of drug-likeness (QED) is 0.463. The van der Waals surface area contributed by atoms with Crippen molar-refractivity contribution in [3.8, 4) is 0 Å². The molecule has 1 aromatic carbocycles. The van der Waals surface area contributed by atoms with Gasteiger partial charge in [0.1, 0.15) is 5.78 Å². The van der Waals surface area contributed by atoms with Gasteiger partial charge in [0.05, 0.1) is 19.8 Å². The second-order valence-electron chi connectivity index (χ2n) is 4.85. The minimum atomic E-state index is -3.37. The zero-order valence-electron chi connectivity index (χ0n) is 14.1. The number of nitrogens with two attached hydrogens (primary N) is 1. The topological polar surface area (TPSA) is 80.0 Å². The summed E-state index contributed by atoms with van der Waals surface area (Å²) in [5.41, 5.74) is 7.12. The van der Waals surface area contributed by atoms with E-state index >= 15 is 0 Å². The molecular formula is C16H28NO5P. The Kier molecular flexibility index (Phi) is 9.63. The fourth-order valence-electron chi connectivity index (χ4n) is 2.03. The Balaban J connectivity index is 2.67. The van der Waals surface area contributed by atoms with Gasteiger partial charge in [-0.2, -0.15) is 0 Å². The second kappa shape index (κ2) is 10.9. The molecule has 2 N–H and O–H groups in total. The van der Waals surface area contributed by atoms with Crippen molar-refractivity contribution in [2.24, 2.45) is 5.73 Å². The highest BCUT2D eigenvalue weighted by Crippen LogP contribution is 2.55. The van der Waals surface area contributed by atoms with Crippen molar-refractivity contribution in [2.45, 2.75) is 39.2 Å². The van der Waals surface area contributed by atoms with Gasteiger partial charge in [-0.05, 0) is 26.3 Å². The van der Waals surface area contributed by atoms with Crippen LogP contribution < -0.4 is 5.73 Å². The molecule has 0 aliphatic heterocycles. The minimum Gasteiger partial charge on any atom is -0.375 e. The highest BCUT2D eigenvalue weighted by molar-refractivity contribution is 7.60. The predicted molar refractivity (Wildman–Crippen MR) is 90.3 cm³/mol. The van der Waals surface area contributed by atoms with Crippen molar-refractivity contribution in [2.75, 3.05) is 26.4 Å². The van der Waals surface area contributed by atoms with Gasteiger partial charge in [-0.1, -0.05) is 30.3 Å². The van der Waals surface area contributed by atoms with E-state index in [-0.39, 0.29) is 13.2 Å². The first kappa shape index (κ1) is 20.3. The van der Waals surface area contributed by atoms with Crippen LogP contribution in [0.2, 0.25) is 0 Å². The third kappa shape index (κ3) is 6.34. The number of rotatable bonds is 12. The monoisotopic (exact) mass is 345 g/mol. The van der Waals surface area contributed by atoms with E-state index in [9.17, 15) is 4.57 Å². The van der Waals surface area contributed by atoms with Gasteiger partial charge in [0.15, 0.2) is 0 Å². The van der Waals surface area contributed by atoms with Crippen molar-refractivity contribution in [3.63, 3.8) is 0 Å². The van der Waals surface area contributed by atoms with Crippen LogP contribution in [-0.4, -0.2) is 38.2 Å². The summed E-state index contributed by atoms with van der Waals surface area (Å²) in [5.74, 6) is -0.811. The SMILES string of the molecule is CCOC(OCC)P(=O)(OCC)C(N)COCc1ccccc1. The average Bonchev–Trinajstić information content (AvgIpc) is 2.55. The molecule has 0 aliphatic rings. The molecule has 2 atom stereocenters. The van der Waals surface area contributed by atoms with Crippen molar-refractivity contribution >= 4 is 7.37 Å². The van der Waals surface area contributed by atoms with Gasteiger partial charge in [0, 0.05) is 13.2 Å². The van der Waals surface area contributed by atoms with Gasteiger partial charge in [0.2, 0.25) is 6.03 Å². The summed E-state index contributed by atoms with van der Waals surface area (Å²) in [6, 6.07) is 8.75. The third-order valence-electron chi connectivity index (χ3n) is 3.11. The lowest BCUT2D eigenvalue weighted by atomic mass is 10.2. The largest absolute Gasteiger partial charge is 0.375 e. The summed E-state index contributed by atoms with van der Waals surface area (Å²) < 4.78 is 35.1. The van der Waals surface area contributed by atoms with E-state index < -0.39 is 19.2 Å². The van der Waals surface area contributed by atoms with Crippen LogP contribution in [0.4, 0.5) is 0 Å². The lowest BCUT2D eigenvalue weighted by Gasteiger charge is -2.30. The maximum absolute atomic E-state index is 13.2. The number of benzene rings is 1. The highest BCUT2D eigenvalue weighted by atomic mass is 31.2. The lowest BCUT2D eigenvalue weighted by molar-refractivity contribution is -0.0903. The molecule has 1 rings (SSSR count). The van der Waals surface area contributed by atoms with E-state index in [2.05, 4.69) is 0 Å². The summed E-state index contributed by atoms with van der Waals surface area (Å²) in [4.78, 5) is 0. The Morgan fingerprint density at radius 3 is 2.17 bits per heavy atom. The lowest BCUT2D eigenvalue weighted by Crippen LogP contribution is -2.34. The van der Waals surface area contributed by atoms with E-state index in [0.29, 0.717) is 19.8 Å². The van der Waals surface area contributed by atoms with Crippen LogP contribution in [0.5, 0.6) is 0 Å². The highest BCUT2D eigenvalue weighted by Gasteiger charge is 2.42. The normalized spacial score (nSPS) is 15.5. The van der Waals surface area contributed by atoms with Gasteiger partial charge in [-0.15, -0.1) is 0 Å². The molecule has 0 bridgehead atoms. The summed E-state index contributed by atoms with van der Waals surface area (Å²) >= 11 is 0. The zero-order chi connectivity index (χ0) is 17.1. The van der Waals surface area contributed by atoms with Crippen LogP contribution in [0.3, 0.4) is 0 Å². The summed E-state index contributed by atoms with van der Waals surface area (Å²) in [6.07, 6.45) is 0. The Hall–Kier alpha value is -0.750. The number of hydrogen-bond donors (Lipinski definition) is 1. The number of ether oxygens (including phenoxy) is 3. The van der Waals surface area contributed by atoms with Crippen molar-refractivity contribution < 1.29 is 23.3 Å². The first-order chi connectivity index (χ1) is 11.1. The predicted octanol–water partition coefficient (Wildman–Crippen LogP) is 3.16. The molecule has 0 radical (unpaired) electrons. The molecule has 0 aromatic heterocycles. The summed E-state index contributed by atoms with van der Waals surface area (Å²) in [5, 5.41) is 0. The Morgan fingerprint density at radius 2 is 1.65 bits per heavy atom. The van der Waals surface area contributed by atoms with E-state index in [1.54, 1.807) is 20.8 Å². The van der Waals surface area contributed by atoms with Crippen molar-refractivity contribution in [1.29, 1.82) is 0 Å². The van der Waals surface area contributed by atoms with Gasteiger partial charge in [0.25, 0.3) is 7.37 Å². The fraction of sp³-hybridized carbons (Fsp3) is 0.625. The summed E-state index contributed by atoms with van der Waals surface area (Å²) in [7, 11) is -3.37. The molecule has 0 amide bonds. The van der Waals surface area contributed by atoms with Crippen LogP contribution in [0.15, 0.2) is 30.3 Å². The Labute approximate surface area is 138 Å². The minimum absolute atomic E-state index is 0.100. The molecule has 0 spiro atoms. The van der Waals surface area contributed by atoms with E-state index in [4.69, 9.17) is 24.5 Å². The molecule has 2 unspecified atom stereocenters. The second-order valence-corrected chi connectivity index (χ2v) is 7.48. The molecule has 0 fully saturated rings. The average molecular weight is 345 g/mol. The van der Waals surface area contributed by atoms with Gasteiger partial charge in [-0.3, -0.25) is 4.57 Å². The Bertz CT molecular complexity index is 465. The van der Waals surface area contributed by atoms with Crippen LogP contribution in [0, 0.1) is 0 Å². The van der Waals surface area contributed by atoms with Gasteiger partial charge >= 0.3 is 0 Å². The molecular weight excluding hydrogens is 317 g/mol. The molecule has 0 aliphatic carbocycles. The van der Waals surface area contributed by atoms with E-state index in [1.165, 1.54) is 0 Å². The van der Waals surface area contributed by atoms with Crippen LogP contribution in [-0.2, 0) is 29.9 Å².